The zero-order chi connectivity index (χ0) is 19.3. The highest BCUT2D eigenvalue weighted by atomic mass is 32.2. The summed E-state index contributed by atoms with van der Waals surface area (Å²) in [6, 6.07) is 6.86. The fraction of sp³-hybridized carbons (Fsp3) is 0.444. The molecule has 1 unspecified atom stereocenters. The molecule has 0 radical (unpaired) electrons. The average Bonchev–Trinajstić information content (AvgIpc) is 3.04. The molecule has 142 valence electrons. The summed E-state index contributed by atoms with van der Waals surface area (Å²) < 4.78 is 28.9. The maximum Gasteiger partial charge on any atom is 0.240 e. The first kappa shape index (κ1) is 20.1. The van der Waals surface area contributed by atoms with E-state index in [1.54, 1.807) is 35.1 Å². The molecule has 0 saturated heterocycles. The summed E-state index contributed by atoms with van der Waals surface area (Å²) in [5.74, 6) is 0.346. The monoisotopic (exact) mass is 378 g/mol. The molecule has 1 heterocycles. The molecule has 2 N–H and O–H groups in total. The number of nitrogens with one attached hydrogen (secondary N) is 2. The number of rotatable bonds is 8. The van der Waals surface area contributed by atoms with Crippen molar-refractivity contribution in [2.75, 3.05) is 11.9 Å². The maximum absolute atomic E-state index is 12.3. The highest BCUT2D eigenvalue weighted by Crippen LogP contribution is 2.17. The Morgan fingerprint density at radius 3 is 2.62 bits per heavy atom. The van der Waals surface area contributed by atoms with Crippen molar-refractivity contribution in [1.82, 2.24) is 14.5 Å². The van der Waals surface area contributed by atoms with Crippen LogP contribution in [0.25, 0.3) is 0 Å². The van der Waals surface area contributed by atoms with Crippen LogP contribution >= 0.6 is 0 Å². The number of amides is 1. The van der Waals surface area contributed by atoms with Crippen LogP contribution in [-0.4, -0.2) is 30.7 Å². The van der Waals surface area contributed by atoms with Crippen LogP contribution in [0.4, 0.5) is 5.82 Å². The molecule has 0 bridgehead atoms. The van der Waals surface area contributed by atoms with E-state index in [2.05, 4.69) is 15.1 Å². The summed E-state index contributed by atoms with van der Waals surface area (Å²) >= 11 is 0. The van der Waals surface area contributed by atoms with E-state index in [1.165, 1.54) is 0 Å². The summed E-state index contributed by atoms with van der Waals surface area (Å²) in [5.41, 5.74) is 1.94. The second-order valence-electron chi connectivity index (χ2n) is 6.36. The largest absolute Gasteiger partial charge is 0.311 e. The van der Waals surface area contributed by atoms with Gasteiger partial charge in [-0.1, -0.05) is 13.0 Å². The molecule has 1 atom stereocenters. The summed E-state index contributed by atoms with van der Waals surface area (Å²) in [7, 11) is -3.63. The standard InChI is InChI=1S/C18H26N4O3S/c1-5-15(4)22-17(8-10-19-22)21-18(23)9-11-20-26(24,25)16-7-6-13(2)14(3)12-16/h6-8,10,12,15,20H,5,9,11H2,1-4H3,(H,21,23). The Morgan fingerprint density at radius 2 is 1.96 bits per heavy atom. The van der Waals surface area contributed by atoms with Crippen molar-refractivity contribution in [1.29, 1.82) is 0 Å². The minimum absolute atomic E-state index is 0.0263. The lowest BCUT2D eigenvalue weighted by atomic mass is 10.1. The van der Waals surface area contributed by atoms with E-state index in [0.29, 0.717) is 5.82 Å². The van der Waals surface area contributed by atoms with E-state index in [0.717, 1.165) is 17.5 Å². The third-order valence-corrected chi connectivity index (χ3v) is 5.84. The Hall–Kier alpha value is -2.19. The number of hydrogen-bond donors (Lipinski definition) is 2. The van der Waals surface area contributed by atoms with E-state index in [-0.39, 0.29) is 29.8 Å². The van der Waals surface area contributed by atoms with Gasteiger partial charge in [0.1, 0.15) is 5.82 Å². The zero-order valence-electron chi connectivity index (χ0n) is 15.6. The number of aromatic nitrogens is 2. The number of anilines is 1. The van der Waals surface area contributed by atoms with Crippen molar-refractivity contribution in [3.05, 3.63) is 41.6 Å². The van der Waals surface area contributed by atoms with E-state index < -0.39 is 10.0 Å². The van der Waals surface area contributed by atoms with Crippen molar-refractivity contribution >= 4 is 21.7 Å². The van der Waals surface area contributed by atoms with Crippen molar-refractivity contribution in [3.8, 4) is 0 Å². The zero-order valence-corrected chi connectivity index (χ0v) is 16.4. The normalized spacial score (nSPS) is 12.8. The molecule has 0 fully saturated rings. The smallest absolute Gasteiger partial charge is 0.240 e. The quantitative estimate of drug-likeness (QED) is 0.739. The topological polar surface area (TPSA) is 93.1 Å². The van der Waals surface area contributed by atoms with E-state index in [1.807, 2.05) is 27.7 Å². The Bertz CT molecular complexity index is 874. The summed E-state index contributed by atoms with van der Waals surface area (Å²) in [6.45, 7) is 7.87. The molecule has 1 aromatic carbocycles. The van der Waals surface area contributed by atoms with Gasteiger partial charge >= 0.3 is 0 Å². The van der Waals surface area contributed by atoms with Gasteiger partial charge < -0.3 is 5.32 Å². The molecule has 8 heteroatoms. The minimum Gasteiger partial charge on any atom is -0.311 e. The van der Waals surface area contributed by atoms with Gasteiger partial charge in [0, 0.05) is 19.0 Å². The van der Waals surface area contributed by atoms with Crippen LogP contribution in [-0.2, 0) is 14.8 Å². The van der Waals surface area contributed by atoms with Gasteiger partial charge in [-0.25, -0.2) is 17.8 Å². The molecule has 0 aliphatic rings. The molecule has 0 spiro atoms. The molecule has 7 nitrogen and oxygen atoms in total. The summed E-state index contributed by atoms with van der Waals surface area (Å²) in [6.07, 6.45) is 2.56. The number of aryl methyl sites for hydroxylation is 2. The lowest BCUT2D eigenvalue weighted by Gasteiger charge is -2.14. The second-order valence-corrected chi connectivity index (χ2v) is 8.13. The predicted molar refractivity (Wildman–Crippen MR) is 102 cm³/mol. The van der Waals surface area contributed by atoms with Gasteiger partial charge in [-0.3, -0.25) is 4.79 Å². The Kier molecular flexibility index (Phi) is 6.55. The van der Waals surface area contributed by atoms with Crippen molar-refractivity contribution in [2.24, 2.45) is 0 Å². The molecule has 0 aliphatic carbocycles. The van der Waals surface area contributed by atoms with Gasteiger partial charge in [-0.15, -0.1) is 0 Å². The Labute approximate surface area is 154 Å². The van der Waals surface area contributed by atoms with Crippen LogP contribution in [0.3, 0.4) is 0 Å². The van der Waals surface area contributed by atoms with E-state index in [4.69, 9.17) is 0 Å². The molecular weight excluding hydrogens is 352 g/mol. The number of sulfonamides is 1. The maximum atomic E-state index is 12.3. The number of benzene rings is 1. The second kappa shape index (κ2) is 8.46. The lowest BCUT2D eigenvalue weighted by molar-refractivity contribution is -0.116. The summed E-state index contributed by atoms with van der Waals surface area (Å²) in [4.78, 5) is 12.3. The third-order valence-electron chi connectivity index (χ3n) is 4.38. The summed E-state index contributed by atoms with van der Waals surface area (Å²) in [5, 5.41) is 6.98. The highest BCUT2D eigenvalue weighted by molar-refractivity contribution is 7.89. The fourth-order valence-electron chi connectivity index (χ4n) is 2.41. The van der Waals surface area contributed by atoms with Crippen LogP contribution in [0, 0.1) is 13.8 Å². The Morgan fingerprint density at radius 1 is 1.23 bits per heavy atom. The number of carbonyl (C=O) groups is 1. The SMILES string of the molecule is CCC(C)n1nccc1NC(=O)CCNS(=O)(=O)c1ccc(C)c(C)c1. The van der Waals surface area contributed by atoms with Gasteiger partial charge in [0.15, 0.2) is 0 Å². The number of nitrogens with zero attached hydrogens (tertiary/aromatic N) is 2. The fourth-order valence-corrected chi connectivity index (χ4v) is 3.52. The van der Waals surface area contributed by atoms with Crippen LogP contribution in [0.1, 0.15) is 43.9 Å². The van der Waals surface area contributed by atoms with E-state index in [9.17, 15) is 13.2 Å². The van der Waals surface area contributed by atoms with Crippen LogP contribution in [0.2, 0.25) is 0 Å². The van der Waals surface area contributed by atoms with Crippen LogP contribution in [0.5, 0.6) is 0 Å². The first-order valence-corrected chi connectivity index (χ1v) is 10.1. The molecule has 2 aromatic rings. The number of hydrogen-bond acceptors (Lipinski definition) is 4. The van der Waals surface area contributed by atoms with Crippen molar-refractivity contribution in [3.63, 3.8) is 0 Å². The first-order chi connectivity index (χ1) is 12.2. The molecule has 2 rings (SSSR count). The lowest BCUT2D eigenvalue weighted by Crippen LogP contribution is -2.28. The molecule has 26 heavy (non-hydrogen) atoms. The molecular formula is C18H26N4O3S. The average molecular weight is 378 g/mol. The van der Waals surface area contributed by atoms with Crippen molar-refractivity contribution in [2.45, 2.75) is 51.5 Å². The predicted octanol–water partition coefficient (Wildman–Crippen LogP) is 2.78. The van der Waals surface area contributed by atoms with Crippen molar-refractivity contribution < 1.29 is 13.2 Å². The van der Waals surface area contributed by atoms with Crippen LogP contribution in [0.15, 0.2) is 35.4 Å². The first-order valence-electron chi connectivity index (χ1n) is 8.65. The van der Waals surface area contributed by atoms with Gasteiger partial charge in [0.2, 0.25) is 15.9 Å². The number of carbonyl (C=O) groups excluding carboxylic acids is 1. The van der Waals surface area contributed by atoms with Gasteiger partial charge in [-0.2, -0.15) is 5.10 Å². The van der Waals surface area contributed by atoms with Gasteiger partial charge in [0.05, 0.1) is 17.1 Å². The molecule has 0 aliphatic heterocycles. The van der Waals surface area contributed by atoms with Gasteiger partial charge in [0.25, 0.3) is 0 Å². The highest BCUT2D eigenvalue weighted by Gasteiger charge is 2.16. The molecule has 0 saturated carbocycles. The van der Waals surface area contributed by atoms with Gasteiger partial charge in [-0.05, 0) is 50.5 Å². The minimum atomic E-state index is -3.63. The van der Waals surface area contributed by atoms with E-state index >= 15 is 0 Å². The molecule has 1 amide bonds. The third kappa shape index (κ3) is 4.92. The molecule has 1 aromatic heterocycles. The Balaban J connectivity index is 1.92. The van der Waals surface area contributed by atoms with Crippen LogP contribution < -0.4 is 10.0 Å².